The Bertz CT molecular complexity index is 1040. The fourth-order valence-corrected chi connectivity index (χ4v) is 3.43. The van der Waals surface area contributed by atoms with Gasteiger partial charge in [-0.15, -0.1) is 5.10 Å². The summed E-state index contributed by atoms with van der Waals surface area (Å²) in [5.41, 5.74) is 5.07. The van der Waals surface area contributed by atoms with Crippen LogP contribution in [0, 0.1) is 5.92 Å². The normalized spacial score (nSPS) is 15.2. The van der Waals surface area contributed by atoms with Crippen LogP contribution in [0.15, 0.2) is 30.6 Å². The number of H-pyrrole nitrogens is 1. The van der Waals surface area contributed by atoms with Crippen molar-refractivity contribution in [1.82, 2.24) is 29.9 Å². The minimum atomic E-state index is 0.775. The van der Waals surface area contributed by atoms with Gasteiger partial charge in [-0.05, 0) is 23.6 Å². The molecular weight excluding hydrogens is 300 g/mol. The number of nitrogens with zero attached hydrogens (tertiary/aromatic N) is 5. The van der Waals surface area contributed by atoms with Crippen molar-refractivity contribution < 1.29 is 0 Å². The predicted molar refractivity (Wildman–Crippen MR) is 92.4 cm³/mol. The molecule has 1 fully saturated rings. The molecule has 1 aliphatic rings. The highest BCUT2D eigenvalue weighted by Gasteiger charge is 2.19. The average Bonchev–Trinajstić information content (AvgIpc) is 3.14. The number of fused-ring (bicyclic) bond motifs is 2. The van der Waals surface area contributed by atoms with Crippen molar-refractivity contribution in [2.45, 2.75) is 25.7 Å². The highest BCUT2D eigenvalue weighted by Crippen LogP contribution is 2.31. The third-order valence-electron chi connectivity index (χ3n) is 5.10. The third kappa shape index (κ3) is 2.10. The number of hydrogen-bond donors (Lipinski definition) is 1. The number of hydrogen-bond acceptors (Lipinski definition) is 4. The lowest BCUT2D eigenvalue weighted by Gasteiger charge is -2.24. The molecule has 1 aliphatic carbocycles. The van der Waals surface area contributed by atoms with Crippen molar-refractivity contribution in [3.63, 3.8) is 0 Å². The SMILES string of the molecule is Cn1nnc2ccc(-c3c[nH]c4nc(CC5CCC5)ncc34)cc21. The Labute approximate surface area is 138 Å². The van der Waals surface area contributed by atoms with E-state index in [9.17, 15) is 0 Å². The maximum Gasteiger partial charge on any atom is 0.141 e. The van der Waals surface area contributed by atoms with Crippen molar-refractivity contribution in [3.8, 4) is 11.1 Å². The Balaban J connectivity index is 1.56. The molecular formula is C18H18N6. The molecule has 0 atom stereocenters. The fourth-order valence-electron chi connectivity index (χ4n) is 3.43. The zero-order valence-corrected chi connectivity index (χ0v) is 13.5. The minimum absolute atomic E-state index is 0.775. The van der Waals surface area contributed by atoms with Gasteiger partial charge in [0.05, 0.1) is 5.52 Å². The summed E-state index contributed by atoms with van der Waals surface area (Å²) in [7, 11) is 1.91. The first kappa shape index (κ1) is 13.7. The molecule has 3 aromatic heterocycles. The lowest BCUT2D eigenvalue weighted by Crippen LogP contribution is -2.15. The summed E-state index contributed by atoms with van der Waals surface area (Å²) < 4.78 is 1.79. The molecule has 6 nitrogen and oxygen atoms in total. The van der Waals surface area contributed by atoms with E-state index in [0.717, 1.165) is 51.4 Å². The van der Waals surface area contributed by atoms with E-state index in [-0.39, 0.29) is 0 Å². The van der Waals surface area contributed by atoms with Crippen LogP contribution < -0.4 is 0 Å². The molecule has 5 rings (SSSR count). The topological polar surface area (TPSA) is 72.3 Å². The third-order valence-corrected chi connectivity index (χ3v) is 5.10. The number of aromatic nitrogens is 6. The number of nitrogens with one attached hydrogen (secondary N) is 1. The van der Waals surface area contributed by atoms with Gasteiger partial charge in [0.1, 0.15) is 17.0 Å². The van der Waals surface area contributed by atoms with Crippen LogP contribution in [0.2, 0.25) is 0 Å². The van der Waals surface area contributed by atoms with Gasteiger partial charge in [-0.2, -0.15) is 0 Å². The zero-order chi connectivity index (χ0) is 16.1. The molecule has 120 valence electrons. The molecule has 0 amide bonds. The Morgan fingerprint density at radius 3 is 3.04 bits per heavy atom. The first-order valence-electron chi connectivity index (χ1n) is 8.41. The van der Waals surface area contributed by atoms with Crippen molar-refractivity contribution in [3.05, 3.63) is 36.4 Å². The quantitative estimate of drug-likeness (QED) is 0.629. The van der Waals surface area contributed by atoms with Crippen LogP contribution in [-0.4, -0.2) is 29.9 Å². The first-order valence-corrected chi connectivity index (χ1v) is 8.41. The number of aryl methyl sites for hydroxylation is 1. The maximum atomic E-state index is 4.72. The molecule has 0 bridgehead atoms. The van der Waals surface area contributed by atoms with E-state index in [1.165, 1.54) is 19.3 Å². The van der Waals surface area contributed by atoms with Crippen LogP contribution in [0.25, 0.3) is 33.2 Å². The molecule has 24 heavy (non-hydrogen) atoms. The second-order valence-electron chi connectivity index (χ2n) is 6.67. The Morgan fingerprint density at radius 2 is 2.21 bits per heavy atom. The maximum absolute atomic E-state index is 4.72. The van der Waals surface area contributed by atoms with E-state index in [2.05, 4.69) is 32.4 Å². The second kappa shape index (κ2) is 5.12. The monoisotopic (exact) mass is 318 g/mol. The molecule has 1 N–H and O–H groups in total. The molecule has 1 aromatic carbocycles. The van der Waals surface area contributed by atoms with Crippen LogP contribution in [0.3, 0.4) is 0 Å². The molecule has 0 saturated heterocycles. The van der Waals surface area contributed by atoms with Crippen molar-refractivity contribution in [2.75, 3.05) is 0 Å². The van der Waals surface area contributed by atoms with E-state index < -0.39 is 0 Å². The molecule has 0 aliphatic heterocycles. The first-order chi connectivity index (χ1) is 11.8. The van der Waals surface area contributed by atoms with Gasteiger partial charge in [0.25, 0.3) is 0 Å². The molecule has 1 saturated carbocycles. The average molecular weight is 318 g/mol. The fraction of sp³-hybridized carbons (Fsp3) is 0.333. The highest BCUT2D eigenvalue weighted by atomic mass is 15.4. The van der Waals surface area contributed by atoms with Crippen molar-refractivity contribution >= 4 is 22.1 Å². The Kier molecular flexibility index (Phi) is 2.92. The zero-order valence-electron chi connectivity index (χ0n) is 13.5. The largest absolute Gasteiger partial charge is 0.345 e. The molecule has 6 heteroatoms. The van der Waals surface area contributed by atoms with Crippen molar-refractivity contribution in [2.24, 2.45) is 13.0 Å². The predicted octanol–water partition coefficient (Wildman–Crippen LogP) is 3.25. The summed E-state index contributed by atoms with van der Waals surface area (Å²) in [5.74, 6) is 1.73. The summed E-state index contributed by atoms with van der Waals surface area (Å²) in [5, 5.41) is 9.26. The van der Waals surface area contributed by atoms with E-state index in [1.807, 2.05) is 25.5 Å². The number of rotatable bonds is 3. The Morgan fingerprint density at radius 1 is 1.29 bits per heavy atom. The van der Waals surface area contributed by atoms with Crippen molar-refractivity contribution in [1.29, 1.82) is 0 Å². The van der Waals surface area contributed by atoms with Gasteiger partial charge in [-0.1, -0.05) is 30.5 Å². The molecule has 4 aromatic rings. The van der Waals surface area contributed by atoms with E-state index >= 15 is 0 Å². The van der Waals surface area contributed by atoms with Crippen LogP contribution >= 0.6 is 0 Å². The van der Waals surface area contributed by atoms with E-state index in [4.69, 9.17) is 4.98 Å². The minimum Gasteiger partial charge on any atom is -0.345 e. The van der Waals surface area contributed by atoms with Gasteiger partial charge in [0.15, 0.2) is 0 Å². The van der Waals surface area contributed by atoms with Crippen LogP contribution in [0.4, 0.5) is 0 Å². The summed E-state index contributed by atoms with van der Waals surface area (Å²) in [4.78, 5) is 12.6. The van der Waals surface area contributed by atoms with Crippen LogP contribution in [-0.2, 0) is 13.5 Å². The standard InChI is InChI=1S/C18H18N6/c1-24-16-8-12(5-6-15(16)22-23-24)13-9-20-18-14(13)10-19-17(21-18)7-11-3-2-4-11/h5-6,8-11H,2-4,7H2,1H3,(H,19,20,21). The Hall–Kier alpha value is -2.76. The summed E-state index contributed by atoms with van der Waals surface area (Å²) in [6.07, 6.45) is 8.94. The number of aromatic amines is 1. The summed E-state index contributed by atoms with van der Waals surface area (Å²) in [6.45, 7) is 0. The summed E-state index contributed by atoms with van der Waals surface area (Å²) in [6, 6.07) is 6.18. The smallest absolute Gasteiger partial charge is 0.141 e. The van der Waals surface area contributed by atoms with Gasteiger partial charge in [-0.25, -0.2) is 14.6 Å². The highest BCUT2D eigenvalue weighted by molar-refractivity contribution is 5.95. The summed E-state index contributed by atoms with van der Waals surface area (Å²) >= 11 is 0. The molecule has 0 unspecified atom stereocenters. The van der Waals surface area contributed by atoms with Gasteiger partial charge in [0, 0.05) is 36.8 Å². The molecule has 3 heterocycles. The van der Waals surface area contributed by atoms with Crippen LogP contribution in [0.1, 0.15) is 25.1 Å². The number of benzene rings is 1. The molecule has 0 radical (unpaired) electrons. The lowest BCUT2D eigenvalue weighted by molar-refractivity contribution is 0.309. The van der Waals surface area contributed by atoms with Gasteiger partial charge < -0.3 is 4.98 Å². The van der Waals surface area contributed by atoms with Gasteiger partial charge >= 0.3 is 0 Å². The van der Waals surface area contributed by atoms with Gasteiger partial charge in [-0.3, -0.25) is 0 Å². The second-order valence-corrected chi connectivity index (χ2v) is 6.67. The van der Waals surface area contributed by atoms with E-state index in [1.54, 1.807) is 4.68 Å². The lowest BCUT2D eigenvalue weighted by atomic mass is 9.83. The van der Waals surface area contributed by atoms with E-state index in [0.29, 0.717) is 0 Å². The molecule has 0 spiro atoms. The van der Waals surface area contributed by atoms with Gasteiger partial charge in [0.2, 0.25) is 0 Å². The van der Waals surface area contributed by atoms with Crippen LogP contribution in [0.5, 0.6) is 0 Å².